The predicted molar refractivity (Wildman–Crippen MR) is 137 cm³/mol. The topological polar surface area (TPSA) is 113 Å². The number of aromatic nitrogens is 4. The van der Waals surface area contributed by atoms with Crippen molar-refractivity contribution in [3.05, 3.63) is 89.8 Å². The molecular weight excluding hydrogens is 509 g/mol. The predicted octanol–water partition coefficient (Wildman–Crippen LogP) is 2.56. The number of carbonyl (C=O) groups is 1. The molecule has 38 heavy (non-hydrogen) atoms. The molecule has 1 N–H and O–H groups in total. The Morgan fingerprint density at radius 1 is 1.21 bits per heavy atom. The maximum atomic E-state index is 14.1. The number of pyridine rings is 1. The Labute approximate surface area is 219 Å². The highest BCUT2D eigenvalue weighted by atomic mass is 32.2. The minimum absolute atomic E-state index is 0.0353. The van der Waals surface area contributed by atoms with E-state index < -0.39 is 15.4 Å². The highest BCUT2D eigenvalue weighted by molar-refractivity contribution is 7.89. The largest absolute Gasteiger partial charge is 0.291 e. The van der Waals surface area contributed by atoms with E-state index >= 15 is 0 Å². The number of fused-ring (bicyclic) bond motifs is 2. The first-order valence-electron chi connectivity index (χ1n) is 12.4. The number of aryl methyl sites for hydroxylation is 1. The van der Waals surface area contributed by atoms with Crippen molar-refractivity contribution in [1.29, 1.82) is 0 Å². The Kier molecular flexibility index (Phi) is 5.97. The van der Waals surface area contributed by atoms with Crippen molar-refractivity contribution in [2.75, 3.05) is 24.6 Å². The number of halogens is 1. The normalized spacial score (nSPS) is 23.4. The average molecular weight is 536 g/mol. The van der Waals surface area contributed by atoms with E-state index in [0.29, 0.717) is 19.5 Å². The number of anilines is 1. The van der Waals surface area contributed by atoms with Crippen LogP contribution in [0.25, 0.3) is 0 Å². The van der Waals surface area contributed by atoms with Crippen molar-refractivity contribution in [2.45, 2.75) is 24.9 Å². The molecule has 0 bridgehead atoms. The molecule has 1 fully saturated rings. The number of hydrogen-bond acceptors (Lipinski definition) is 8. The van der Waals surface area contributed by atoms with Crippen LogP contribution in [-0.2, 0) is 16.6 Å². The molecule has 3 aliphatic rings. The molecule has 0 amide bonds. The molecule has 10 nitrogen and oxygen atoms in total. The number of nitrogens with zero attached hydrogens (tertiary/aromatic N) is 6. The molecule has 1 aromatic carbocycles. The van der Waals surface area contributed by atoms with Crippen molar-refractivity contribution in [3.8, 4) is 0 Å². The Morgan fingerprint density at radius 2 is 2.03 bits per heavy atom. The van der Waals surface area contributed by atoms with Gasteiger partial charge in [0.05, 0.1) is 23.8 Å². The molecule has 0 saturated carbocycles. The molecule has 2 aliphatic heterocycles. The smallest absolute Gasteiger partial charge is 0.264 e. The number of Topliss-reactive ketones (excluding diaryl/α,β-unsaturated/α-hetero) is 1. The number of rotatable bonds is 6. The fourth-order valence-corrected chi connectivity index (χ4v) is 6.79. The summed E-state index contributed by atoms with van der Waals surface area (Å²) in [6, 6.07) is 11.3. The second-order valence-electron chi connectivity index (χ2n) is 9.60. The number of carbonyl (C=O) groups excluding carboxylic acids is 1. The molecule has 2 atom stereocenters. The van der Waals surface area contributed by atoms with Crippen molar-refractivity contribution in [3.63, 3.8) is 0 Å². The zero-order chi connectivity index (χ0) is 26.5. The summed E-state index contributed by atoms with van der Waals surface area (Å²) in [5.41, 5.74) is 4.99. The molecular formula is C26H26FN7O3S. The van der Waals surface area contributed by atoms with Crippen LogP contribution in [-0.4, -0.2) is 58.1 Å². The summed E-state index contributed by atoms with van der Waals surface area (Å²) < 4.78 is 42.0. The molecule has 0 spiro atoms. The van der Waals surface area contributed by atoms with Crippen LogP contribution in [0.3, 0.4) is 0 Å². The van der Waals surface area contributed by atoms with Crippen LogP contribution in [0.5, 0.6) is 0 Å². The van der Waals surface area contributed by atoms with Gasteiger partial charge in [-0.15, -0.1) is 5.10 Å². The standard InChI is InChI=1S/C26H26FN7O3S/c1-2-33-29-16-24(31-33)38(36,37)32-12-10-19-13-23-18(15-30-34(23)21-8-6-20(27)7-9-21)14-26(19,17-32)25(35)22-5-3-4-11-28-22/h3-11,13,16,18,30H,2,12,14-15,17H2,1H3/t18?,26-/m0/s1. The van der Waals surface area contributed by atoms with Gasteiger partial charge in [0.2, 0.25) is 5.03 Å². The van der Waals surface area contributed by atoms with Gasteiger partial charge in [0, 0.05) is 37.4 Å². The molecule has 0 radical (unpaired) electrons. The van der Waals surface area contributed by atoms with E-state index in [1.54, 1.807) is 42.6 Å². The van der Waals surface area contributed by atoms with Crippen molar-refractivity contribution < 1.29 is 17.6 Å². The van der Waals surface area contributed by atoms with Crippen LogP contribution in [0, 0.1) is 17.2 Å². The van der Waals surface area contributed by atoms with Gasteiger partial charge in [0.1, 0.15) is 11.5 Å². The molecule has 12 heteroatoms. The van der Waals surface area contributed by atoms with Crippen LogP contribution < -0.4 is 10.4 Å². The number of nitrogens with one attached hydrogen (secondary N) is 1. The Balaban J connectivity index is 1.42. The van der Waals surface area contributed by atoms with Crippen molar-refractivity contribution in [2.24, 2.45) is 11.3 Å². The van der Waals surface area contributed by atoms with E-state index in [0.717, 1.165) is 17.0 Å². The van der Waals surface area contributed by atoms with E-state index in [1.165, 1.54) is 27.4 Å². The van der Waals surface area contributed by atoms with E-state index in [9.17, 15) is 17.6 Å². The molecule has 196 valence electrons. The summed E-state index contributed by atoms with van der Waals surface area (Å²) in [5, 5.41) is 9.90. The average Bonchev–Trinajstić information content (AvgIpc) is 3.59. The number of ketones is 1. The van der Waals surface area contributed by atoms with Gasteiger partial charge in [0.15, 0.2) is 5.78 Å². The number of benzene rings is 1. The zero-order valence-corrected chi connectivity index (χ0v) is 21.5. The van der Waals surface area contributed by atoms with Gasteiger partial charge >= 0.3 is 0 Å². The monoisotopic (exact) mass is 535 g/mol. The molecule has 2 aromatic heterocycles. The first-order valence-corrected chi connectivity index (χ1v) is 13.8. The van der Waals surface area contributed by atoms with E-state index in [2.05, 4.69) is 20.6 Å². The lowest BCUT2D eigenvalue weighted by Crippen LogP contribution is -2.52. The first-order chi connectivity index (χ1) is 18.3. The number of hydrazine groups is 1. The summed E-state index contributed by atoms with van der Waals surface area (Å²) in [7, 11) is -4.00. The molecule has 4 heterocycles. The Hall–Kier alpha value is -3.74. The van der Waals surface area contributed by atoms with E-state index in [4.69, 9.17) is 0 Å². The third-order valence-electron chi connectivity index (χ3n) is 7.40. The van der Waals surface area contributed by atoms with Gasteiger partial charge in [0.25, 0.3) is 10.0 Å². The van der Waals surface area contributed by atoms with Gasteiger partial charge in [-0.05, 0) is 61.4 Å². The highest BCUT2D eigenvalue weighted by Crippen LogP contribution is 2.50. The van der Waals surface area contributed by atoms with Crippen LogP contribution in [0.1, 0.15) is 23.8 Å². The Morgan fingerprint density at radius 3 is 2.74 bits per heavy atom. The lowest BCUT2D eigenvalue weighted by molar-refractivity contribution is 0.0761. The summed E-state index contributed by atoms with van der Waals surface area (Å²) in [6.07, 6.45) is 6.96. The molecule has 1 aliphatic carbocycles. The van der Waals surface area contributed by atoms with Gasteiger partial charge in [-0.2, -0.15) is 14.2 Å². The third-order valence-corrected chi connectivity index (χ3v) is 9.08. The van der Waals surface area contributed by atoms with Crippen LogP contribution in [0.2, 0.25) is 0 Å². The number of allylic oxidation sites excluding steroid dienone is 1. The van der Waals surface area contributed by atoms with Gasteiger partial charge in [-0.25, -0.2) is 18.2 Å². The molecule has 1 unspecified atom stereocenters. The minimum Gasteiger partial charge on any atom is -0.291 e. The highest BCUT2D eigenvalue weighted by Gasteiger charge is 2.53. The van der Waals surface area contributed by atoms with Crippen LogP contribution in [0.15, 0.2) is 83.3 Å². The SMILES string of the molecule is CCn1ncc(S(=O)(=O)N2CC=C3C=C4C(CNN4c4ccc(F)cc4)C[C@]3(C(=O)c3ccccn3)C2)n1. The lowest BCUT2D eigenvalue weighted by Gasteiger charge is -2.44. The summed E-state index contributed by atoms with van der Waals surface area (Å²) in [4.78, 5) is 19.8. The Bertz CT molecular complexity index is 1550. The van der Waals surface area contributed by atoms with Crippen LogP contribution >= 0.6 is 0 Å². The molecule has 6 rings (SSSR count). The quantitative estimate of drug-likeness (QED) is 0.480. The minimum atomic E-state index is -4.00. The second kappa shape index (κ2) is 9.22. The molecule has 1 saturated heterocycles. The van der Waals surface area contributed by atoms with Crippen molar-refractivity contribution in [1.82, 2.24) is 29.7 Å². The fourth-order valence-electron chi connectivity index (χ4n) is 5.49. The number of sulfonamides is 1. The molecule has 3 aromatic rings. The van der Waals surface area contributed by atoms with E-state index in [-0.39, 0.29) is 41.3 Å². The van der Waals surface area contributed by atoms with Crippen molar-refractivity contribution >= 4 is 21.5 Å². The van der Waals surface area contributed by atoms with Gasteiger partial charge < -0.3 is 0 Å². The first kappa shape index (κ1) is 24.6. The van der Waals surface area contributed by atoms with E-state index in [1.807, 2.05) is 18.0 Å². The third kappa shape index (κ3) is 3.96. The second-order valence-corrected chi connectivity index (χ2v) is 11.5. The number of hydrogen-bond donors (Lipinski definition) is 1. The fraction of sp³-hybridized carbons (Fsp3) is 0.308. The summed E-state index contributed by atoms with van der Waals surface area (Å²) >= 11 is 0. The van der Waals surface area contributed by atoms with Crippen LogP contribution in [0.4, 0.5) is 10.1 Å². The maximum Gasteiger partial charge on any atom is 0.264 e. The van der Waals surface area contributed by atoms with Gasteiger partial charge in [-0.1, -0.05) is 12.1 Å². The summed E-state index contributed by atoms with van der Waals surface area (Å²) in [6.45, 7) is 2.86. The summed E-state index contributed by atoms with van der Waals surface area (Å²) in [5.74, 6) is -0.622. The lowest BCUT2D eigenvalue weighted by atomic mass is 9.64. The maximum absolute atomic E-state index is 14.1. The van der Waals surface area contributed by atoms with Gasteiger partial charge in [-0.3, -0.25) is 14.8 Å². The zero-order valence-electron chi connectivity index (χ0n) is 20.7.